The number of nitrogens with zero attached hydrogens (tertiary/aromatic N) is 1. The highest BCUT2D eigenvalue weighted by Gasteiger charge is 2.29. The molecule has 0 aromatic carbocycles. The van der Waals surface area contributed by atoms with Crippen molar-refractivity contribution in [3.8, 4) is 0 Å². The summed E-state index contributed by atoms with van der Waals surface area (Å²) in [5, 5.41) is 2.56. The number of piperidine rings is 1. The Kier molecular flexibility index (Phi) is 5.46. The number of amides is 3. The molecule has 102 valence electrons. The average molecular weight is 273 g/mol. The van der Waals surface area contributed by atoms with Crippen molar-refractivity contribution >= 4 is 30.4 Å². The average Bonchev–Trinajstić information content (AvgIpc) is 2.35. The van der Waals surface area contributed by atoms with Crippen molar-refractivity contribution in [3.05, 3.63) is 0 Å². The minimum Gasteiger partial charge on any atom is -0.369 e. The summed E-state index contributed by atoms with van der Waals surface area (Å²) in [5.74, 6) is -0.606. The monoisotopic (exact) mass is 273 g/mol. The Bertz CT molecular complexity index is 340. The Hall–Kier alpha value is -1.24. The Balaban J connectivity index is 2.52. The molecule has 0 aromatic rings. The van der Waals surface area contributed by atoms with Crippen LogP contribution in [0.5, 0.6) is 0 Å². The van der Waals surface area contributed by atoms with Gasteiger partial charge in [0, 0.05) is 31.7 Å². The normalized spacial score (nSPS) is 18.2. The van der Waals surface area contributed by atoms with E-state index in [-0.39, 0.29) is 29.4 Å². The smallest absolute Gasteiger partial charge is 0.245 e. The fourth-order valence-electron chi connectivity index (χ4n) is 2.04. The molecule has 1 saturated heterocycles. The van der Waals surface area contributed by atoms with Gasteiger partial charge in [0.2, 0.25) is 17.7 Å². The zero-order chi connectivity index (χ0) is 13.7. The molecule has 6 nitrogen and oxygen atoms in total. The zero-order valence-electron chi connectivity index (χ0n) is 10.4. The molecule has 1 fully saturated rings. The summed E-state index contributed by atoms with van der Waals surface area (Å²) in [5.41, 5.74) is 5.23. The van der Waals surface area contributed by atoms with E-state index in [4.69, 9.17) is 5.73 Å². The first kappa shape index (κ1) is 14.8. The second kappa shape index (κ2) is 6.63. The minimum absolute atomic E-state index is 0.149. The lowest BCUT2D eigenvalue weighted by Gasteiger charge is -2.32. The molecular formula is C11H19N3O3S. The fraction of sp³-hybridized carbons (Fsp3) is 0.727. The number of nitrogens with two attached hydrogens (primary N) is 1. The van der Waals surface area contributed by atoms with Crippen molar-refractivity contribution in [2.24, 2.45) is 11.7 Å². The highest BCUT2D eigenvalue weighted by Crippen LogP contribution is 2.17. The van der Waals surface area contributed by atoms with Gasteiger partial charge in [-0.2, -0.15) is 12.6 Å². The SMILES string of the molecule is CC(=O)NC(CS)C(=O)N1CCC(C(N)=O)CC1. The second-order valence-electron chi connectivity index (χ2n) is 4.44. The number of primary amides is 1. The van der Waals surface area contributed by atoms with Crippen LogP contribution in [-0.2, 0) is 14.4 Å². The van der Waals surface area contributed by atoms with Crippen LogP contribution in [0.15, 0.2) is 0 Å². The topological polar surface area (TPSA) is 92.5 Å². The molecule has 1 unspecified atom stereocenters. The van der Waals surface area contributed by atoms with E-state index in [0.29, 0.717) is 25.9 Å². The lowest BCUT2D eigenvalue weighted by molar-refractivity contribution is -0.138. The molecule has 1 aliphatic heterocycles. The second-order valence-corrected chi connectivity index (χ2v) is 4.80. The summed E-state index contributed by atoms with van der Waals surface area (Å²) in [7, 11) is 0. The zero-order valence-corrected chi connectivity index (χ0v) is 11.3. The molecule has 0 aliphatic carbocycles. The number of nitrogens with one attached hydrogen (secondary N) is 1. The van der Waals surface area contributed by atoms with Crippen molar-refractivity contribution < 1.29 is 14.4 Å². The molecular weight excluding hydrogens is 254 g/mol. The highest BCUT2D eigenvalue weighted by atomic mass is 32.1. The van der Waals surface area contributed by atoms with Crippen molar-refractivity contribution in [2.45, 2.75) is 25.8 Å². The number of likely N-dealkylation sites (tertiary alicyclic amines) is 1. The minimum atomic E-state index is -0.601. The van der Waals surface area contributed by atoms with Gasteiger partial charge in [0.05, 0.1) is 0 Å². The molecule has 1 atom stereocenters. The molecule has 1 rings (SSSR count). The third-order valence-electron chi connectivity index (χ3n) is 3.07. The van der Waals surface area contributed by atoms with Crippen LogP contribution in [0.4, 0.5) is 0 Å². The number of hydrogen-bond acceptors (Lipinski definition) is 4. The maximum absolute atomic E-state index is 12.1. The Morgan fingerprint density at radius 1 is 1.39 bits per heavy atom. The highest BCUT2D eigenvalue weighted by molar-refractivity contribution is 7.80. The molecule has 7 heteroatoms. The molecule has 0 saturated carbocycles. The van der Waals surface area contributed by atoms with E-state index in [9.17, 15) is 14.4 Å². The molecule has 0 aromatic heterocycles. The number of thiol groups is 1. The lowest BCUT2D eigenvalue weighted by Crippen LogP contribution is -2.52. The number of hydrogen-bond donors (Lipinski definition) is 3. The molecule has 1 aliphatic rings. The van der Waals surface area contributed by atoms with Crippen LogP contribution in [0.1, 0.15) is 19.8 Å². The third-order valence-corrected chi connectivity index (χ3v) is 3.43. The Labute approximate surface area is 112 Å². The first-order valence-corrected chi connectivity index (χ1v) is 6.55. The van der Waals surface area contributed by atoms with Gasteiger partial charge in [-0.05, 0) is 12.8 Å². The lowest BCUT2D eigenvalue weighted by atomic mass is 9.96. The van der Waals surface area contributed by atoms with E-state index in [2.05, 4.69) is 17.9 Å². The van der Waals surface area contributed by atoms with Crippen LogP contribution in [0.2, 0.25) is 0 Å². The number of carbonyl (C=O) groups is 3. The van der Waals surface area contributed by atoms with E-state index in [0.717, 1.165) is 0 Å². The van der Waals surface area contributed by atoms with Crippen molar-refractivity contribution in [3.63, 3.8) is 0 Å². The third kappa shape index (κ3) is 3.90. The van der Waals surface area contributed by atoms with Gasteiger partial charge in [0.25, 0.3) is 0 Å². The maximum Gasteiger partial charge on any atom is 0.245 e. The van der Waals surface area contributed by atoms with Crippen LogP contribution in [0, 0.1) is 5.92 Å². The Morgan fingerprint density at radius 3 is 2.33 bits per heavy atom. The predicted octanol–water partition coefficient (Wildman–Crippen LogP) is -0.855. The first-order chi connectivity index (χ1) is 8.45. The van der Waals surface area contributed by atoms with E-state index in [1.54, 1.807) is 4.90 Å². The van der Waals surface area contributed by atoms with Crippen LogP contribution < -0.4 is 11.1 Å². The fourth-order valence-corrected chi connectivity index (χ4v) is 2.28. The van der Waals surface area contributed by atoms with Crippen LogP contribution in [0.3, 0.4) is 0 Å². The van der Waals surface area contributed by atoms with E-state index in [1.807, 2.05) is 0 Å². The van der Waals surface area contributed by atoms with Gasteiger partial charge in [-0.1, -0.05) is 0 Å². The standard InChI is InChI=1S/C11H19N3O3S/c1-7(15)13-9(6-18)11(17)14-4-2-8(3-5-14)10(12)16/h8-9,18H,2-6H2,1H3,(H2,12,16)(H,13,15). The quantitative estimate of drug-likeness (QED) is 0.582. The summed E-state index contributed by atoms with van der Waals surface area (Å²) in [4.78, 5) is 35.7. The largest absolute Gasteiger partial charge is 0.369 e. The molecule has 3 amide bonds. The van der Waals surface area contributed by atoms with E-state index < -0.39 is 6.04 Å². The van der Waals surface area contributed by atoms with E-state index >= 15 is 0 Å². The summed E-state index contributed by atoms with van der Waals surface area (Å²) >= 11 is 4.06. The van der Waals surface area contributed by atoms with Crippen LogP contribution >= 0.6 is 12.6 Å². The number of rotatable bonds is 4. The summed E-state index contributed by atoms with van der Waals surface area (Å²) < 4.78 is 0. The van der Waals surface area contributed by atoms with Gasteiger partial charge in [-0.15, -0.1) is 0 Å². The van der Waals surface area contributed by atoms with Crippen molar-refractivity contribution in [2.75, 3.05) is 18.8 Å². The molecule has 18 heavy (non-hydrogen) atoms. The van der Waals surface area contributed by atoms with Crippen molar-refractivity contribution in [1.29, 1.82) is 0 Å². The Morgan fingerprint density at radius 2 is 1.94 bits per heavy atom. The van der Waals surface area contributed by atoms with Crippen molar-refractivity contribution in [1.82, 2.24) is 10.2 Å². The number of carbonyl (C=O) groups excluding carboxylic acids is 3. The van der Waals surface area contributed by atoms with Gasteiger partial charge in [0.15, 0.2) is 0 Å². The van der Waals surface area contributed by atoms with E-state index in [1.165, 1.54) is 6.92 Å². The molecule has 0 spiro atoms. The van der Waals surface area contributed by atoms with Gasteiger partial charge >= 0.3 is 0 Å². The summed E-state index contributed by atoms with van der Waals surface area (Å²) in [6, 6.07) is -0.601. The summed E-state index contributed by atoms with van der Waals surface area (Å²) in [6.07, 6.45) is 1.17. The molecule has 0 radical (unpaired) electrons. The maximum atomic E-state index is 12.1. The van der Waals surface area contributed by atoms with Gasteiger partial charge in [0.1, 0.15) is 6.04 Å². The molecule has 1 heterocycles. The first-order valence-electron chi connectivity index (χ1n) is 5.91. The van der Waals surface area contributed by atoms with Gasteiger partial charge in [-0.3, -0.25) is 14.4 Å². The molecule has 3 N–H and O–H groups in total. The molecule has 0 bridgehead atoms. The van der Waals surface area contributed by atoms with Gasteiger partial charge < -0.3 is 16.0 Å². The van der Waals surface area contributed by atoms with Gasteiger partial charge in [-0.25, -0.2) is 0 Å². The van der Waals surface area contributed by atoms with Crippen LogP contribution in [0.25, 0.3) is 0 Å². The predicted molar refractivity (Wildman–Crippen MR) is 70.0 cm³/mol. The van der Waals surface area contributed by atoms with Crippen LogP contribution in [-0.4, -0.2) is 47.5 Å². The summed E-state index contributed by atoms with van der Waals surface area (Å²) in [6.45, 7) is 2.36.